The highest BCUT2D eigenvalue weighted by atomic mass is 35.5. The van der Waals surface area contributed by atoms with Crippen LogP contribution in [0.1, 0.15) is 16.1 Å². The second kappa shape index (κ2) is 4.70. The molecule has 5 nitrogen and oxygen atoms in total. The Morgan fingerprint density at radius 3 is 2.83 bits per heavy atom. The second-order valence-corrected chi connectivity index (χ2v) is 4.33. The van der Waals surface area contributed by atoms with Crippen LogP contribution >= 0.6 is 11.6 Å². The molecule has 1 aromatic carbocycles. The quantitative estimate of drug-likeness (QED) is 0.794. The highest BCUT2D eigenvalue weighted by molar-refractivity contribution is 6.31. The molecule has 6 heteroatoms. The third kappa shape index (κ3) is 2.31. The molecule has 0 bridgehead atoms. The molecule has 0 fully saturated rings. The van der Waals surface area contributed by atoms with Gasteiger partial charge in [-0.2, -0.15) is 0 Å². The summed E-state index contributed by atoms with van der Waals surface area (Å²) in [6.07, 6.45) is 0. The summed E-state index contributed by atoms with van der Waals surface area (Å²) in [6, 6.07) is 5.17. The lowest BCUT2D eigenvalue weighted by atomic mass is 10.1. The van der Waals surface area contributed by atoms with Crippen molar-refractivity contribution in [1.82, 2.24) is 10.3 Å². The van der Waals surface area contributed by atoms with Crippen molar-refractivity contribution in [2.45, 2.75) is 6.92 Å². The molecule has 0 atom stereocenters. The lowest BCUT2D eigenvalue weighted by molar-refractivity contribution is -0.135. The molecule has 0 aliphatic heterocycles. The van der Waals surface area contributed by atoms with Crippen molar-refractivity contribution in [2.75, 3.05) is 6.54 Å². The van der Waals surface area contributed by atoms with E-state index < -0.39 is 18.4 Å². The van der Waals surface area contributed by atoms with Crippen LogP contribution in [0.25, 0.3) is 10.9 Å². The molecule has 1 aromatic heterocycles. The van der Waals surface area contributed by atoms with Gasteiger partial charge in [0.05, 0.1) is 5.56 Å². The number of rotatable bonds is 3. The highest BCUT2D eigenvalue weighted by Gasteiger charge is 2.16. The van der Waals surface area contributed by atoms with Crippen LogP contribution < -0.4 is 5.32 Å². The minimum atomic E-state index is -1.08. The largest absolute Gasteiger partial charge is 0.480 e. The molecule has 1 heterocycles. The van der Waals surface area contributed by atoms with E-state index in [4.69, 9.17) is 16.7 Å². The SMILES string of the molecule is Cc1[nH]c2ccc(Cl)cc2c1C(=O)NCC(=O)O. The molecule has 0 radical (unpaired) electrons. The van der Waals surface area contributed by atoms with Gasteiger partial charge in [-0.05, 0) is 25.1 Å². The average molecular weight is 267 g/mol. The Morgan fingerprint density at radius 2 is 2.17 bits per heavy atom. The number of carbonyl (C=O) groups excluding carboxylic acids is 1. The maximum absolute atomic E-state index is 11.9. The molecule has 2 aromatic rings. The summed E-state index contributed by atoms with van der Waals surface area (Å²) in [5.41, 5.74) is 1.89. The molecule has 0 unspecified atom stereocenters. The highest BCUT2D eigenvalue weighted by Crippen LogP contribution is 2.25. The van der Waals surface area contributed by atoms with Gasteiger partial charge in [0, 0.05) is 21.6 Å². The number of aromatic nitrogens is 1. The molecule has 0 aliphatic carbocycles. The number of hydrogen-bond donors (Lipinski definition) is 3. The van der Waals surface area contributed by atoms with Gasteiger partial charge in [0.1, 0.15) is 6.54 Å². The van der Waals surface area contributed by atoms with Crippen LogP contribution in [-0.4, -0.2) is 28.5 Å². The molecule has 0 aliphatic rings. The number of carbonyl (C=O) groups is 2. The predicted octanol–water partition coefficient (Wildman–Crippen LogP) is 1.94. The molecule has 0 saturated carbocycles. The normalized spacial score (nSPS) is 10.6. The number of carboxylic acid groups (broad SMARTS) is 1. The first-order valence-corrected chi connectivity index (χ1v) is 5.64. The number of aryl methyl sites for hydroxylation is 1. The van der Waals surface area contributed by atoms with E-state index in [0.29, 0.717) is 21.7 Å². The minimum Gasteiger partial charge on any atom is -0.480 e. The Bertz CT molecular complexity index is 634. The summed E-state index contributed by atoms with van der Waals surface area (Å²) in [4.78, 5) is 25.4. The van der Waals surface area contributed by atoms with E-state index in [2.05, 4.69) is 10.3 Å². The predicted molar refractivity (Wildman–Crippen MR) is 68.0 cm³/mol. The number of halogens is 1. The van der Waals surface area contributed by atoms with Gasteiger partial charge in [0.2, 0.25) is 0 Å². The Kier molecular flexibility index (Phi) is 3.25. The summed E-state index contributed by atoms with van der Waals surface area (Å²) in [7, 11) is 0. The van der Waals surface area contributed by atoms with Crippen LogP contribution in [0.2, 0.25) is 5.02 Å². The van der Waals surface area contributed by atoms with Gasteiger partial charge in [-0.1, -0.05) is 11.6 Å². The fraction of sp³-hybridized carbons (Fsp3) is 0.167. The Labute approximate surface area is 108 Å². The molecule has 1 amide bonds. The van der Waals surface area contributed by atoms with Crippen molar-refractivity contribution in [3.05, 3.63) is 34.5 Å². The third-order valence-electron chi connectivity index (χ3n) is 2.58. The van der Waals surface area contributed by atoms with Gasteiger partial charge in [-0.15, -0.1) is 0 Å². The van der Waals surface area contributed by atoms with Crippen molar-refractivity contribution < 1.29 is 14.7 Å². The van der Waals surface area contributed by atoms with Crippen molar-refractivity contribution in [1.29, 1.82) is 0 Å². The van der Waals surface area contributed by atoms with Crippen molar-refractivity contribution in [2.24, 2.45) is 0 Å². The zero-order valence-corrected chi connectivity index (χ0v) is 10.3. The second-order valence-electron chi connectivity index (χ2n) is 3.89. The third-order valence-corrected chi connectivity index (χ3v) is 2.81. The van der Waals surface area contributed by atoms with Gasteiger partial charge < -0.3 is 15.4 Å². The monoisotopic (exact) mass is 266 g/mol. The Balaban J connectivity index is 2.43. The van der Waals surface area contributed by atoms with E-state index in [9.17, 15) is 9.59 Å². The number of aliphatic carboxylic acids is 1. The van der Waals surface area contributed by atoms with Crippen molar-refractivity contribution in [3.63, 3.8) is 0 Å². The number of aromatic amines is 1. The summed E-state index contributed by atoms with van der Waals surface area (Å²) in [5.74, 6) is -1.51. The van der Waals surface area contributed by atoms with Gasteiger partial charge in [-0.3, -0.25) is 9.59 Å². The number of benzene rings is 1. The average Bonchev–Trinajstić information content (AvgIpc) is 2.61. The first-order chi connectivity index (χ1) is 8.49. The topological polar surface area (TPSA) is 82.2 Å². The van der Waals surface area contributed by atoms with Gasteiger partial charge in [0.25, 0.3) is 5.91 Å². The van der Waals surface area contributed by atoms with E-state index in [-0.39, 0.29) is 0 Å². The van der Waals surface area contributed by atoms with E-state index >= 15 is 0 Å². The smallest absolute Gasteiger partial charge is 0.322 e. The van der Waals surface area contributed by atoms with Crippen LogP contribution in [0, 0.1) is 6.92 Å². The molecule has 3 N–H and O–H groups in total. The van der Waals surface area contributed by atoms with Gasteiger partial charge in [0.15, 0.2) is 0 Å². The maximum atomic E-state index is 11.9. The van der Waals surface area contributed by atoms with E-state index in [1.807, 2.05) is 0 Å². The standard InChI is InChI=1S/C12H11ClN2O3/c1-6-11(12(18)14-5-10(16)17)8-4-7(13)2-3-9(8)15-6/h2-4,15H,5H2,1H3,(H,14,18)(H,16,17). The van der Waals surface area contributed by atoms with E-state index in [1.54, 1.807) is 25.1 Å². The zero-order valence-electron chi connectivity index (χ0n) is 9.58. The fourth-order valence-electron chi connectivity index (χ4n) is 1.84. The zero-order chi connectivity index (χ0) is 13.3. The summed E-state index contributed by atoms with van der Waals surface area (Å²) < 4.78 is 0. The van der Waals surface area contributed by atoms with Crippen LogP contribution in [0.3, 0.4) is 0 Å². The lowest BCUT2D eigenvalue weighted by Gasteiger charge is -2.02. The van der Waals surface area contributed by atoms with Crippen LogP contribution in [0.15, 0.2) is 18.2 Å². The molecule has 94 valence electrons. The molecule has 18 heavy (non-hydrogen) atoms. The number of H-pyrrole nitrogens is 1. The van der Waals surface area contributed by atoms with Gasteiger partial charge >= 0.3 is 5.97 Å². The lowest BCUT2D eigenvalue weighted by Crippen LogP contribution is -2.29. The molecule has 0 saturated heterocycles. The van der Waals surface area contributed by atoms with E-state index in [1.165, 1.54) is 0 Å². The number of amides is 1. The van der Waals surface area contributed by atoms with Crippen LogP contribution in [0.4, 0.5) is 0 Å². The first kappa shape index (κ1) is 12.4. The van der Waals surface area contributed by atoms with Crippen molar-refractivity contribution in [3.8, 4) is 0 Å². The number of carboxylic acids is 1. The van der Waals surface area contributed by atoms with Gasteiger partial charge in [-0.25, -0.2) is 0 Å². The summed E-state index contributed by atoms with van der Waals surface area (Å²) in [5, 5.41) is 12.1. The Morgan fingerprint density at radius 1 is 1.44 bits per heavy atom. The summed E-state index contributed by atoms with van der Waals surface area (Å²) >= 11 is 5.89. The minimum absolute atomic E-state index is 0.411. The van der Waals surface area contributed by atoms with Crippen LogP contribution in [-0.2, 0) is 4.79 Å². The Hall–Kier alpha value is -2.01. The molecular formula is C12H11ClN2O3. The number of nitrogens with one attached hydrogen (secondary N) is 2. The molecular weight excluding hydrogens is 256 g/mol. The van der Waals surface area contributed by atoms with E-state index in [0.717, 1.165) is 5.52 Å². The maximum Gasteiger partial charge on any atom is 0.322 e. The van der Waals surface area contributed by atoms with Crippen molar-refractivity contribution >= 4 is 34.4 Å². The number of hydrogen-bond acceptors (Lipinski definition) is 2. The summed E-state index contributed by atoms with van der Waals surface area (Å²) in [6.45, 7) is 1.34. The fourth-order valence-corrected chi connectivity index (χ4v) is 2.01. The van der Waals surface area contributed by atoms with Crippen LogP contribution in [0.5, 0.6) is 0 Å². The molecule has 0 spiro atoms. The number of fused-ring (bicyclic) bond motifs is 1. The first-order valence-electron chi connectivity index (χ1n) is 5.27. The molecule has 2 rings (SSSR count).